The molecule has 2 fully saturated rings. The van der Waals surface area contributed by atoms with E-state index in [1.807, 2.05) is 19.0 Å². The molecule has 2 aliphatic rings. The molecule has 218 valence electrons. The summed E-state index contributed by atoms with van der Waals surface area (Å²) < 4.78 is 32.3. The van der Waals surface area contributed by atoms with Gasteiger partial charge >= 0.3 is 0 Å². The van der Waals surface area contributed by atoms with E-state index in [2.05, 4.69) is 38.9 Å². The van der Waals surface area contributed by atoms with Crippen molar-refractivity contribution < 1.29 is 13.6 Å². The molecule has 41 heavy (non-hydrogen) atoms. The number of carbonyl (C=O) groups is 1. The Morgan fingerprint density at radius 1 is 1.02 bits per heavy atom. The van der Waals surface area contributed by atoms with Gasteiger partial charge in [-0.05, 0) is 45.6 Å². The summed E-state index contributed by atoms with van der Waals surface area (Å²) >= 11 is 6.10. The summed E-state index contributed by atoms with van der Waals surface area (Å²) in [4.78, 5) is 29.2. The first-order valence-electron chi connectivity index (χ1n) is 13.6. The molecule has 9 nitrogen and oxygen atoms in total. The van der Waals surface area contributed by atoms with Crippen molar-refractivity contribution in [3.8, 4) is 11.1 Å². The molecule has 0 radical (unpaired) electrons. The smallest absolute Gasteiger partial charge is 0.253 e. The molecule has 0 unspecified atom stereocenters. The number of amides is 1. The number of halogens is 3. The topological polar surface area (TPSA) is 93.9 Å². The first kappa shape index (κ1) is 29.0. The average Bonchev–Trinajstić information content (AvgIpc) is 2.95. The molecule has 2 aliphatic heterocycles. The van der Waals surface area contributed by atoms with Crippen LogP contribution in [-0.4, -0.2) is 96.0 Å². The van der Waals surface area contributed by atoms with Gasteiger partial charge in [0, 0.05) is 63.0 Å². The van der Waals surface area contributed by atoms with Crippen molar-refractivity contribution in [1.82, 2.24) is 24.7 Å². The van der Waals surface area contributed by atoms with E-state index in [0.29, 0.717) is 43.0 Å². The second kappa shape index (κ2) is 11.8. The van der Waals surface area contributed by atoms with Crippen molar-refractivity contribution in [3.63, 3.8) is 0 Å². The molecule has 1 amide bonds. The van der Waals surface area contributed by atoms with Gasteiger partial charge in [0.05, 0.1) is 11.3 Å². The molecule has 3 N–H and O–H groups in total. The highest BCUT2D eigenvalue weighted by Gasteiger charge is 2.31. The maximum absolute atomic E-state index is 16.5. The number of benzene rings is 2. The lowest BCUT2D eigenvalue weighted by Gasteiger charge is -2.44. The average molecular weight is 585 g/mol. The van der Waals surface area contributed by atoms with Gasteiger partial charge in [0.2, 0.25) is 0 Å². The van der Waals surface area contributed by atoms with Crippen molar-refractivity contribution in [3.05, 3.63) is 59.0 Å². The second-order valence-corrected chi connectivity index (χ2v) is 11.3. The molecule has 2 saturated heterocycles. The van der Waals surface area contributed by atoms with E-state index in [0.717, 1.165) is 13.1 Å². The predicted octanol–water partition coefficient (Wildman–Crippen LogP) is 4.32. The molecule has 0 bridgehead atoms. The number of likely N-dealkylation sites (N-methyl/N-ethyl adjacent to an activating group) is 2. The Bertz CT molecular complexity index is 1420. The lowest BCUT2D eigenvalue weighted by Crippen LogP contribution is -2.55. The SMILES string of the molecule is C[C@@H]1CN(c2cc(F)c(-c3ccc(C(=O)N4CCN(C)CC4)cc3)c(F)c2Nc2ncnc(Cl)c2N)C[C@H](C)N1C. The minimum atomic E-state index is -0.800. The summed E-state index contributed by atoms with van der Waals surface area (Å²) in [5.74, 6) is -1.50. The summed E-state index contributed by atoms with van der Waals surface area (Å²) in [5.41, 5.74) is 7.08. The summed E-state index contributed by atoms with van der Waals surface area (Å²) in [6.07, 6.45) is 1.22. The molecule has 1 aromatic heterocycles. The zero-order valence-electron chi connectivity index (χ0n) is 23.7. The van der Waals surface area contributed by atoms with Crippen molar-refractivity contribution in [2.24, 2.45) is 0 Å². The van der Waals surface area contributed by atoms with Crippen molar-refractivity contribution in [1.29, 1.82) is 0 Å². The number of nitrogen functional groups attached to an aromatic ring is 1. The second-order valence-electron chi connectivity index (χ2n) is 10.9. The molecule has 0 saturated carbocycles. The van der Waals surface area contributed by atoms with Crippen LogP contribution in [0.3, 0.4) is 0 Å². The Morgan fingerprint density at radius 2 is 1.66 bits per heavy atom. The van der Waals surface area contributed by atoms with Gasteiger partial charge in [0.1, 0.15) is 23.5 Å². The van der Waals surface area contributed by atoms with Gasteiger partial charge < -0.3 is 25.8 Å². The monoisotopic (exact) mass is 584 g/mol. The van der Waals surface area contributed by atoms with Gasteiger partial charge in [-0.25, -0.2) is 18.7 Å². The first-order valence-corrected chi connectivity index (χ1v) is 14.0. The van der Waals surface area contributed by atoms with E-state index in [1.165, 1.54) is 12.4 Å². The van der Waals surface area contributed by atoms with Gasteiger partial charge in [-0.2, -0.15) is 0 Å². The number of nitrogens with one attached hydrogen (secondary N) is 1. The molecule has 0 spiro atoms. The molecule has 12 heteroatoms. The normalized spacial score (nSPS) is 20.4. The largest absolute Gasteiger partial charge is 0.393 e. The van der Waals surface area contributed by atoms with E-state index >= 15 is 8.78 Å². The Labute approximate surface area is 243 Å². The number of piperazine rings is 2. The third-order valence-electron chi connectivity index (χ3n) is 8.19. The first-order chi connectivity index (χ1) is 19.5. The van der Waals surface area contributed by atoms with Crippen molar-refractivity contribution in [2.75, 3.05) is 69.3 Å². The fourth-order valence-electron chi connectivity index (χ4n) is 5.40. The van der Waals surface area contributed by atoms with Crippen LogP contribution in [0.1, 0.15) is 24.2 Å². The van der Waals surface area contributed by atoms with E-state index < -0.39 is 11.6 Å². The van der Waals surface area contributed by atoms with Crippen LogP contribution < -0.4 is 16.0 Å². The molecule has 2 atom stereocenters. The highest BCUT2D eigenvalue weighted by Crippen LogP contribution is 2.41. The van der Waals surface area contributed by atoms with Crippen LogP contribution in [0.5, 0.6) is 0 Å². The zero-order valence-corrected chi connectivity index (χ0v) is 24.4. The van der Waals surface area contributed by atoms with E-state index in [1.54, 1.807) is 29.2 Å². The van der Waals surface area contributed by atoms with Crippen LogP contribution in [0.4, 0.5) is 31.7 Å². The zero-order chi connectivity index (χ0) is 29.4. The molecular weight excluding hydrogens is 550 g/mol. The third kappa shape index (κ3) is 5.79. The number of hydrogen-bond donors (Lipinski definition) is 2. The summed E-state index contributed by atoms with van der Waals surface area (Å²) in [7, 11) is 4.06. The maximum atomic E-state index is 16.5. The molecule has 2 aromatic carbocycles. The highest BCUT2D eigenvalue weighted by molar-refractivity contribution is 6.32. The molecule has 3 aromatic rings. The fourth-order valence-corrected chi connectivity index (χ4v) is 5.54. The van der Waals surface area contributed by atoms with E-state index in [4.69, 9.17) is 17.3 Å². The Hall–Kier alpha value is -3.54. The lowest BCUT2D eigenvalue weighted by atomic mass is 9.99. The van der Waals surface area contributed by atoms with Gasteiger partial charge in [-0.1, -0.05) is 23.7 Å². The van der Waals surface area contributed by atoms with Gasteiger partial charge in [-0.3, -0.25) is 9.69 Å². The van der Waals surface area contributed by atoms with Gasteiger partial charge in [0.15, 0.2) is 16.8 Å². The number of rotatable bonds is 5. The van der Waals surface area contributed by atoms with Crippen LogP contribution >= 0.6 is 11.6 Å². The Balaban J connectivity index is 1.54. The minimum Gasteiger partial charge on any atom is -0.393 e. The van der Waals surface area contributed by atoms with Crippen LogP contribution in [0, 0.1) is 11.6 Å². The quantitative estimate of drug-likeness (QED) is 0.429. The number of hydrogen-bond acceptors (Lipinski definition) is 8. The van der Waals surface area contributed by atoms with E-state index in [-0.39, 0.29) is 45.9 Å². The van der Waals surface area contributed by atoms with Gasteiger partial charge in [-0.15, -0.1) is 0 Å². The number of aromatic nitrogens is 2. The molecule has 5 rings (SSSR count). The van der Waals surface area contributed by atoms with E-state index in [9.17, 15) is 4.79 Å². The van der Waals surface area contributed by atoms with Crippen molar-refractivity contribution in [2.45, 2.75) is 25.9 Å². The summed E-state index contributed by atoms with van der Waals surface area (Å²) in [6.45, 7) is 8.15. The van der Waals surface area contributed by atoms with Crippen LogP contribution in [0.2, 0.25) is 5.15 Å². The highest BCUT2D eigenvalue weighted by atomic mass is 35.5. The van der Waals surface area contributed by atoms with Gasteiger partial charge in [0.25, 0.3) is 5.91 Å². The number of anilines is 4. The Morgan fingerprint density at radius 3 is 2.29 bits per heavy atom. The van der Waals surface area contributed by atoms with Crippen molar-refractivity contribution >= 4 is 40.4 Å². The maximum Gasteiger partial charge on any atom is 0.253 e. The minimum absolute atomic E-state index is 0.0224. The standard InChI is InChI=1S/C29H35ClF2N8O/c1-17-14-40(15-18(2)38(17)4)22-13-21(31)23(24(32)26(22)36-28-25(33)27(30)34-16-35-28)19-5-7-20(8-6-19)29(41)39-11-9-37(3)10-12-39/h5-8,13,16-18H,9-12,14-15,33H2,1-4H3,(H,34,35,36)/t17-,18+. The number of carbonyl (C=O) groups excluding carboxylic acids is 1. The molecule has 0 aliphatic carbocycles. The van der Waals surface area contributed by atoms with Crippen LogP contribution in [0.25, 0.3) is 11.1 Å². The summed E-state index contributed by atoms with van der Waals surface area (Å²) in [6, 6.07) is 8.02. The molecule has 3 heterocycles. The fraction of sp³-hybridized carbons (Fsp3) is 0.414. The Kier molecular flexibility index (Phi) is 8.30. The third-order valence-corrected chi connectivity index (χ3v) is 8.49. The summed E-state index contributed by atoms with van der Waals surface area (Å²) in [5, 5.41) is 3.00. The van der Waals surface area contributed by atoms with Crippen LogP contribution in [-0.2, 0) is 0 Å². The lowest BCUT2D eigenvalue weighted by molar-refractivity contribution is 0.0664. The number of nitrogens with two attached hydrogens (primary N) is 1. The van der Waals surface area contributed by atoms with Crippen LogP contribution in [0.15, 0.2) is 36.7 Å². The predicted molar refractivity (Wildman–Crippen MR) is 159 cm³/mol. The number of nitrogens with zero attached hydrogens (tertiary/aromatic N) is 6. The molecular formula is C29H35ClF2N8O.